The molecule has 0 bridgehead atoms. The van der Waals surface area contributed by atoms with Crippen LogP contribution in [-0.4, -0.2) is 7.11 Å². The molecule has 0 spiro atoms. The van der Waals surface area contributed by atoms with Gasteiger partial charge in [-0.15, -0.1) is 0 Å². The van der Waals surface area contributed by atoms with Crippen LogP contribution >= 0.6 is 0 Å². The summed E-state index contributed by atoms with van der Waals surface area (Å²) >= 11 is 0. The average Bonchev–Trinajstić information content (AvgIpc) is 2.57. The first-order chi connectivity index (χ1) is 8.38. The number of benzene rings is 2. The summed E-state index contributed by atoms with van der Waals surface area (Å²) in [6.45, 7) is 0.615. The Morgan fingerprint density at radius 1 is 1.00 bits per heavy atom. The Morgan fingerprint density at radius 2 is 1.82 bits per heavy atom. The summed E-state index contributed by atoms with van der Waals surface area (Å²) in [5.41, 5.74) is 3.66. The van der Waals surface area contributed by atoms with Crippen LogP contribution in [-0.2, 0) is 13.0 Å². The highest BCUT2D eigenvalue weighted by molar-refractivity contribution is 5.48. The molecule has 86 valence electrons. The summed E-state index contributed by atoms with van der Waals surface area (Å²) in [5, 5.41) is 0. The monoisotopic (exact) mass is 226 g/mol. The predicted octanol–water partition coefficient (Wildman–Crippen LogP) is 3.18. The highest BCUT2D eigenvalue weighted by atomic mass is 16.5. The Morgan fingerprint density at radius 3 is 2.71 bits per heavy atom. The van der Waals surface area contributed by atoms with Crippen molar-refractivity contribution in [1.29, 1.82) is 0 Å². The first-order valence-electron chi connectivity index (χ1n) is 5.74. The van der Waals surface area contributed by atoms with E-state index >= 15 is 0 Å². The number of ether oxygens (including phenoxy) is 2. The molecular weight excluding hydrogens is 212 g/mol. The third kappa shape index (κ3) is 1.76. The first kappa shape index (κ1) is 10.2. The number of hydrogen-bond donors (Lipinski definition) is 0. The van der Waals surface area contributed by atoms with Crippen molar-refractivity contribution >= 4 is 0 Å². The fraction of sp³-hybridized carbons (Fsp3) is 0.200. The normalized spacial score (nSPS) is 13.0. The maximum absolute atomic E-state index is 5.82. The van der Waals surface area contributed by atoms with Crippen LogP contribution in [0.3, 0.4) is 0 Å². The van der Waals surface area contributed by atoms with Gasteiger partial charge in [-0.05, 0) is 23.3 Å². The van der Waals surface area contributed by atoms with E-state index in [-0.39, 0.29) is 0 Å². The van der Waals surface area contributed by atoms with E-state index in [9.17, 15) is 0 Å². The lowest BCUT2D eigenvalue weighted by Gasteiger charge is -2.10. The largest absolute Gasteiger partial charge is 0.496 e. The molecule has 0 saturated heterocycles. The van der Waals surface area contributed by atoms with Gasteiger partial charge in [0.05, 0.1) is 7.11 Å². The van der Waals surface area contributed by atoms with Crippen LogP contribution in [0.4, 0.5) is 0 Å². The molecule has 3 rings (SSSR count). The Balaban J connectivity index is 2.12. The van der Waals surface area contributed by atoms with Crippen LogP contribution in [0.15, 0.2) is 42.5 Å². The molecule has 17 heavy (non-hydrogen) atoms. The molecule has 2 aromatic rings. The SMILES string of the molecule is COc1cccc2c1Cc1ccccc1OC2. The molecule has 0 aliphatic carbocycles. The van der Waals surface area contributed by atoms with Gasteiger partial charge in [0.2, 0.25) is 0 Å². The number of rotatable bonds is 1. The Bertz CT molecular complexity index is 546. The minimum atomic E-state index is 0.615. The van der Waals surface area contributed by atoms with Gasteiger partial charge in [-0.25, -0.2) is 0 Å². The van der Waals surface area contributed by atoms with E-state index in [1.54, 1.807) is 7.11 Å². The topological polar surface area (TPSA) is 18.5 Å². The Kier molecular flexibility index (Phi) is 2.48. The van der Waals surface area contributed by atoms with E-state index in [0.717, 1.165) is 17.9 Å². The van der Waals surface area contributed by atoms with Gasteiger partial charge in [-0.2, -0.15) is 0 Å². The zero-order chi connectivity index (χ0) is 11.7. The van der Waals surface area contributed by atoms with Crippen molar-refractivity contribution in [2.45, 2.75) is 13.0 Å². The van der Waals surface area contributed by atoms with Crippen LogP contribution in [0.5, 0.6) is 11.5 Å². The van der Waals surface area contributed by atoms with Crippen LogP contribution in [0.1, 0.15) is 16.7 Å². The molecule has 0 aromatic heterocycles. The first-order valence-corrected chi connectivity index (χ1v) is 5.74. The number of hydrogen-bond acceptors (Lipinski definition) is 2. The van der Waals surface area contributed by atoms with Gasteiger partial charge < -0.3 is 9.47 Å². The van der Waals surface area contributed by atoms with Gasteiger partial charge >= 0.3 is 0 Å². The molecule has 2 aromatic carbocycles. The minimum Gasteiger partial charge on any atom is -0.496 e. The highest BCUT2D eigenvalue weighted by Gasteiger charge is 2.16. The van der Waals surface area contributed by atoms with E-state index < -0.39 is 0 Å². The molecule has 2 nitrogen and oxygen atoms in total. The lowest BCUT2D eigenvalue weighted by Crippen LogP contribution is -1.98. The van der Waals surface area contributed by atoms with Crippen LogP contribution in [0.2, 0.25) is 0 Å². The van der Waals surface area contributed by atoms with Crippen LogP contribution in [0, 0.1) is 0 Å². The van der Waals surface area contributed by atoms with E-state index in [1.807, 2.05) is 30.3 Å². The van der Waals surface area contributed by atoms with E-state index in [1.165, 1.54) is 16.7 Å². The maximum Gasteiger partial charge on any atom is 0.123 e. The summed E-state index contributed by atoms with van der Waals surface area (Å²) in [7, 11) is 1.72. The van der Waals surface area contributed by atoms with Crippen molar-refractivity contribution in [3.05, 3.63) is 59.2 Å². The van der Waals surface area contributed by atoms with Gasteiger partial charge in [0, 0.05) is 12.0 Å². The second-order valence-corrected chi connectivity index (χ2v) is 4.17. The van der Waals surface area contributed by atoms with Gasteiger partial charge in [-0.1, -0.05) is 30.3 Å². The minimum absolute atomic E-state index is 0.615. The number of methoxy groups -OCH3 is 1. The molecular formula is C15H14O2. The fourth-order valence-electron chi connectivity index (χ4n) is 2.27. The fourth-order valence-corrected chi connectivity index (χ4v) is 2.27. The lowest BCUT2D eigenvalue weighted by molar-refractivity contribution is 0.306. The maximum atomic E-state index is 5.82. The zero-order valence-electron chi connectivity index (χ0n) is 9.77. The lowest BCUT2D eigenvalue weighted by atomic mass is 10.00. The van der Waals surface area contributed by atoms with Crippen LogP contribution in [0.25, 0.3) is 0 Å². The van der Waals surface area contributed by atoms with Gasteiger partial charge in [-0.3, -0.25) is 0 Å². The highest BCUT2D eigenvalue weighted by Crippen LogP contribution is 2.32. The average molecular weight is 226 g/mol. The Hall–Kier alpha value is -1.96. The summed E-state index contributed by atoms with van der Waals surface area (Å²) in [6, 6.07) is 14.3. The molecule has 1 aliphatic heterocycles. The Labute approximate surface area is 101 Å². The summed E-state index contributed by atoms with van der Waals surface area (Å²) < 4.78 is 11.2. The van der Waals surface area contributed by atoms with Crippen molar-refractivity contribution in [3.63, 3.8) is 0 Å². The van der Waals surface area contributed by atoms with E-state index in [2.05, 4.69) is 12.1 Å². The van der Waals surface area contributed by atoms with Gasteiger partial charge in [0.15, 0.2) is 0 Å². The molecule has 0 atom stereocenters. The van der Waals surface area contributed by atoms with Gasteiger partial charge in [0.25, 0.3) is 0 Å². The van der Waals surface area contributed by atoms with E-state index in [0.29, 0.717) is 6.61 Å². The molecule has 0 saturated carbocycles. The van der Waals surface area contributed by atoms with Crippen molar-refractivity contribution in [3.8, 4) is 11.5 Å². The number of fused-ring (bicyclic) bond motifs is 2. The van der Waals surface area contributed by atoms with Gasteiger partial charge in [0.1, 0.15) is 18.1 Å². The molecule has 1 aliphatic rings. The molecule has 1 heterocycles. The number of para-hydroxylation sites is 1. The summed E-state index contributed by atoms with van der Waals surface area (Å²) in [6.07, 6.45) is 0.871. The third-order valence-corrected chi connectivity index (χ3v) is 3.17. The molecule has 0 unspecified atom stereocenters. The molecule has 0 N–H and O–H groups in total. The second kappa shape index (κ2) is 4.13. The van der Waals surface area contributed by atoms with Crippen molar-refractivity contribution < 1.29 is 9.47 Å². The smallest absolute Gasteiger partial charge is 0.123 e. The predicted molar refractivity (Wildman–Crippen MR) is 66.6 cm³/mol. The second-order valence-electron chi connectivity index (χ2n) is 4.17. The quantitative estimate of drug-likeness (QED) is 0.743. The van der Waals surface area contributed by atoms with E-state index in [4.69, 9.17) is 9.47 Å². The standard InChI is InChI=1S/C15H14O2/c1-16-15-8-4-6-12-10-17-14-7-3-2-5-11(14)9-13(12)15/h2-8H,9-10H2,1H3. The zero-order valence-corrected chi connectivity index (χ0v) is 9.77. The third-order valence-electron chi connectivity index (χ3n) is 3.17. The molecule has 2 heteroatoms. The summed E-state index contributed by atoms with van der Waals surface area (Å²) in [5.74, 6) is 1.92. The van der Waals surface area contributed by atoms with Crippen molar-refractivity contribution in [2.24, 2.45) is 0 Å². The molecule has 0 amide bonds. The molecule has 0 fully saturated rings. The molecule has 0 radical (unpaired) electrons. The van der Waals surface area contributed by atoms with Crippen molar-refractivity contribution in [2.75, 3.05) is 7.11 Å². The van der Waals surface area contributed by atoms with Crippen molar-refractivity contribution in [1.82, 2.24) is 0 Å². The van der Waals surface area contributed by atoms with Crippen LogP contribution < -0.4 is 9.47 Å². The summed E-state index contributed by atoms with van der Waals surface area (Å²) in [4.78, 5) is 0.